The molecule has 2 aromatic carbocycles. The number of carbonyl (C=O) groups is 3. The zero-order chi connectivity index (χ0) is 21.8. The zero-order valence-corrected chi connectivity index (χ0v) is 17.7. The molecule has 7 nitrogen and oxygen atoms in total. The van der Waals surface area contributed by atoms with E-state index >= 15 is 0 Å². The number of piperazine rings is 1. The molecule has 2 amide bonds. The van der Waals surface area contributed by atoms with E-state index in [0.29, 0.717) is 25.1 Å². The van der Waals surface area contributed by atoms with Crippen LogP contribution in [0.15, 0.2) is 54.6 Å². The van der Waals surface area contributed by atoms with Crippen molar-refractivity contribution in [1.29, 1.82) is 0 Å². The number of hydrogen-bond donors (Lipinski definition) is 1. The highest BCUT2D eigenvalue weighted by Crippen LogP contribution is 2.28. The molecule has 162 valence electrons. The molecule has 0 aromatic heterocycles. The molecule has 2 aliphatic heterocycles. The van der Waals surface area contributed by atoms with Crippen molar-refractivity contribution in [2.75, 3.05) is 37.6 Å². The molecule has 31 heavy (non-hydrogen) atoms. The number of carbonyl (C=O) groups excluding carboxylic acids is 3. The lowest BCUT2D eigenvalue weighted by Gasteiger charge is -2.36. The Kier molecular flexibility index (Phi) is 5.93. The molecule has 7 heteroatoms. The number of cyclic esters (lactones) is 1. The number of hydrogen-bond acceptors (Lipinski definition) is 5. The first-order valence-electron chi connectivity index (χ1n) is 10.6. The summed E-state index contributed by atoms with van der Waals surface area (Å²) in [5.74, 6) is -0.854. The number of ether oxygens (including phenoxy) is 1. The number of nitrogens with zero attached hydrogens (tertiary/aromatic N) is 2. The van der Waals surface area contributed by atoms with Gasteiger partial charge in [-0.05, 0) is 30.7 Å². The van der Waals surface area contributed by atoms with Crippen molar-refractivity contribution < 1.29 is 19.1 Å². The highest BCUT2D eigenvalue weighted by atomic mass is 16.6. The maximum Gasteiger partial charge on any atom is 0.339 e. The molecular weight excluding hydrogens is 394 g/mol. The minimum atomic E-state index is -1.27. The van der Waals surface area contributed by atoms with Gasteiger partial charge in [0.1, 0.15) is 0 Å². The first-order valence-corrected chi connectivity index (χ1v) is 10.6. The van der Waals surface area contributed by atoms with Crippen molar-refractivity contribution in [1.82, 2.24) is 10.2 Å². The fourth-order valence-electron chi connectivity index (χ4n) is 4.14. The second-order valence-electron chi connectivity index (χ2n) is 8.16. The van der Waals surface area contributed by atoms with Gasteiger partial charge in [-0.25, -0.2) is 4.79 Å². The molecule has 1 atom stereocenters. The molecular formula is C24H27N3O4. The van der Waals surface area contributed by atoms with Crippen LogP contribution >= 0.6 is 0 Å². The molecule has 1 saturated heterocycles. The first-order chi connectivity index (χ1) is 15.0. The summed E-state index contributed by atoms with van der Waals surface area (Å²) in [7, 11) is 0. The predicted molar refractivity (Wildman–Crippen MR) is 117 cm³/mol. The normalized spacial score (nSPS) is 20.6. The maximum absolute atomic E-state index is 12.7. The van der Waals surface area contributed by atoms with E-state index in [9.17, 15) is 14.4 Å². The molecule has 2 aliphatic rings. The number of anilines is 1. The van der Waals surface area contributed by atoms with E-state index in [-0.39, 0.29) is 24.8 Å². The number of esters is 1. The van der Waals surface area contributed by atoms with Crippen LogP contribution < -0.4 is 10.2 Å². The van der Waals surface area contributed by atoms with E-state index in [0.717, 1.165) is 18.7 Å². The van der Waals surface area contributed by atoms with E-state index in [1.54, 1.807) is 19.1 Å². The lowest BCUT2D eigenvalue weighted by molar-refractivity contribution is -0.140. The third-order valence-electron chi connectivity index (χ3n) is 5.94. The van der Waals surface area contributed by atoms with Crippen LogP contribution in [-0.2, 0) is 20.7 Å². The monoisotopic (exact) mass is 421 g/mol. The Morgan fingerprint density at radius 1 is 1.00 bits per heavy atom. The van der Waals surface area contributed by atoms with Gasteiger partial charge in [0.05, 0.1) is 5.56 Å². The molecule has 0 bridgehead atoms. The van der Waals surface area contributed by atoms with Crippen LogP contribution in [0.1, 0.15) is 29.3 Å². The first kappa shape index (κ1) is 20.9. The van der Waals surface area contributed by atoms with Gasteiger partial charge in [-0.1, -0.05) is 36.4 Å². The number of amides is 2. The molecule has 1 N–H and O–H groups in total. The Bertz CT molecular complexity index is 970. The molecule has 0 aliphatic carbocycles. The van der Waals surface area contributed by atoms with Gasteiger partial charge >= 0.3 is 5.97 Å². The topological polar surface area (TPSA) is 79.0 Å². The quantitative estimate of drug-likeness (QED) is 0.748. The van der Waals surface area contributed by atoms with Crippen LogP contribution in [0.3, 0.4) is 0 Å². The number of nitrogens with one attached hydrogen (secondary N) is 1. The van der Waals surface area contributed by atoms with Gasteiger partial charge in [0.2, 0.25) is 5.91 Å². The van der Waals surface area contributed by atoms with E-state index in [1.165, 1.54) is 5.69 Å². The zero-order valence-electron chi connectivity index (χ0n) is 17.7. The highest BCUT2D eigenvalue weighted by Gasteiger charge is 2.42. The summed E-state index contributed by atoms with van der Waals surface area (Å²) in [6.45, 7) is 4.72. The molecule has 2 heterocycles. The van der Waals surface area contributed by atoms with Crippen molar-refractivity contribution in [2.24, 2.45) is 0 Å². The Balaban J connectivity index is 1.25. The smallest absolute Gasteiger partial charge is 0.339 e. The lowest BCUT2D eigenvalue weighted by atomic mass is 9.89. The minimum absolute atomic E-state index is 0.0177. The predicted octanol–water partition coefficient (Wildman–Crippen LogP) is 2.01. The number of rotatable bonds is 5. The van der Waals surface area contributed by atoms with Crippen LogP contribution in [0.5, 0.6) is 0 Å². The fourth-order valence-corrected chi connectivity index (χ4v) is 4.14. The Morgan fingerprint density at radius 3 is 2.42 bits per heavy atom. The molecule has 1 unspecified atom stereocenters. The van der Waals surface area contributed by atoms with E-state index in [2.05, 4.69) is 22.3 Å². The van der Waals surface area contributed by atoms with Gasteiger partial charge in [0.25, 0.3) is 5.91 Å². The van der Waals surface area contributed by atoms with Gasteiger partial charge in [-0.15, -0.1) is 0 Å². The van der Waals surface area contributed by atoms with E-state index < -0.39 is 11.6 Å². The summed E-state index contributed by atoms with van der Waals surface area (Å²) >= 11 is 0. The third kappa shape index (κ3) is 4.55. The van der Waals surface area contributed by atoms with Gasteiger partial charge in [0, 0.05) is 51.3 Å². The summed E-state index contributed by atoms with van der Waals surface area (Å²) in [6, 6.07) is 17.3. The van der Waals surface area contributed by atoms with Crippen molar-refractivity contribution in [3.63, 3.8) is 0 Å². The SMILES string of the molecule is CC1(C(=O)NCCC(=O)N2CCN(c3ccccc3)CC2)Cc2ccccc2C(=O)O1. The molecule has 0 spiro atoms. The van der Waals surface area contributed by atoms with Crippen molar-refractivity contribution >= 4 is 23.5 Å². The molecule has 0 radical (unpaired) electrons. The second-order valence-corrected chi connectivity index (χ2v) is 8.16. The number of para-hydroxylation sites is 1. The van der Waals surface area contributed by atoms with E-state index in [4.69, 9.17) is 4.74 Å². The number of fused-ring (bicyclic) bond motifs is 1. The van der Waals surface area contributed by atoms with Crippen molar-refractivity contribution in [2.45, 2.75) is 25.4 Å². The second kappa shape index (κ2) is 8.79. The lowest BCUT2D eigenvalue weighted by Crippen LogP contribution is -2.52. The minimum Gasteiger partial charge on any atom is -0.445 e. The molecule has 2 aromatic rings. The molecule has 1 fully saturated rings. The molecule has 4 rings (SSSR count). The van der Waals surface area contributed by atoms with Crippen molar-refractivity contribution in [3.8, 4) is 0 Å². The summed E-state index contributed by atoms with van der Waals surface area (Å²) in [5.41, 5.74) is 1.19. The Hall–Kier alpha value is -3.35. The van der Waals surface area contributed by atoms with Gasteiger partial charge < -0.3 is 19.9 Å². The highest BCUT2D eigenvalue weighted by molar-refractivity contribution is 5.97. The summed E-state index contributed by atoms with van der Waals surface area (Å²) in [6.07, 6.45) is 0.536. The molecule has 0 saturated carbocycles. The summed E-state index contributed by atoms with van der Waals surface area (Å²) in [5, 5.41) is 2.77. The fraction of sp³-hybridized carbons (Fsp3) is 0.375. The largest absolute Gasteiger partial charge is 0.445 e. The number of benzene rings is 2. The summed E-state index contributed by atoms with van der Waals surface area (Å²) in [4.78, 5) is 41.6. The van der Waals surface area contributed by atoms with Gasteiger partial charge in [-0.2, -0.15) is 0 Å². The third-order valence-corrected chi connectivity index (χ3v) is 5.94. The standard InChI is InChI=1S/C24H27N3O4/c1-24(17-18-7-5-6-10-20(18)22(29)31-24)23(30)25-12-11-21(28)27-15-13-26(14-16-27)19-8-3-2-4-9-19/h2-10H,11-17H2,1H3,(H,25,30). The van der Waals surface area contributed by atoms with Gasteiger partial charge in [0.15, 0.2) is 5.60 Å². The van der Waals surface area contributed by atoms with Crippen LogP contribution in [0.25, 0.3) is 0 Å². The van der Waals surface area contributed by atoms with Crippen LogP contribution in [0.2, 0.25) is 0 Å². The Labute approximate surface area is 182 Å². The van der Waals surface area contributed by atoms with Gasteiger partial charge in [-0.3, -0.25) is 9.59 Å². The van der Waals surface area contributed by atoms with E-state index in [1.807, 2.05) is 35.2 Å². The average molecular weight is 421 g/mol. The van der Waals surface area contributed by atoms with Crippen LogP contribution in [0, 0.1) is 0 Å². The van der Waals surface area contributed by atoms with Crippen molar-refractivity contribution in [3.05, 3.63) is 65.7 Å². The van der Waals surface area contributed by atoms with Crippen LogP contribution in [0.4, 0.5) is 5.69 Å². The average Bonchev–Trinajstić information content (AvgIpc) is 2.79. The van der Waals surface area contributed by atoms with Crippen LogP contribution in [-0.4, -0.2) is 61.0 Å². The Morgan fingerprint density at radius 2 is 1.68 bits per heavy atom. The maximum atomic E-state index is 12.7. The summed E-state index contributed by atoms with van der Waals surface area (Å²) < 4.78 is 5.44.